The van der Waals surface area contributed by atoms with Crippen LogP contribution in [-0.4, -0.2) is 34.9 Å². The average molecular weight is 840 g/mol. The van der Waals surface area contributed by atoms with E-state index in [2.05, 4.69) is 55.6 Å². The van der Waals surface area contributed by atoms with Crippen molar-refractivity contribution in [2.45, 2.75) is 296 Å². The number of amides is 1. The Hall–Kier alpha value is -1.65. The normalized spacial score (nSPS) is 13.2. The molecule has 0 rings (SSSR count). The third-order valence-electron chi connectivity index (χ3n) is 12.3. The van der Waals surface area contributed by atoms with Crippen molar-refractivity contribution < 1.29 is 15.0 Å². The molecule has 4 heteroatoms. The van der Waals surface area contributed by atoms with Gasteiger partial charge in [0.15, 0.2) is 0 Å². The van der Waals surface area contributed by atoms with Gasteiger partial charge in [-0.25, -0.2) is 0 Å². The summed E-state index contributed by atoms with van der Waals surface area (Å²) in [4.78, 5) is 12.3. The third-order valence-corrected chi connectivity index (χ3v) is 12.3. The molecule has 0 fully saturated rings. The maximum Gasteiger partial charge on any atom is 0.220 e. The lowest BCUT2D eigenvalue weighted by molar-refractivity contribution is -0.123. The molecule has 0 radical (unpaired) electrons. The smallest absolute Gasteiger partial charge is 0.220 e. The van der Waals surface area contributed by atoms with Crippen LogP contribution in [-0.2, 0) is 4.79 Å². The van der Waals surface area contributed by atoms with Gasteiger partial charge in [0.1, 0.15) is 0 Å². The second-order valence-electron chi connectivity index (χ2n) is 18.3. The van der Waals surface area contributed by atoms with Gasteiger partial charge in [0, 0.05) is 6.42 Å². The standard InChI is InChI=1S/C56H105NO3/c1-3-5-7-9-11-12-13-14-15-16-17-18-19-20-21-22-23-24-25-26-27-28-29-30-31-32-33-34-35-36-37-38-39-40-41-42-43-44-46-48-50-52-56(60)57-54(53-58)55(59)51-49-47-45-10-8-6-4-2/h8,10,13-14,16-17,49,51,54-55,58-59H,3-7,9,11-12,15,18-48,50,52-53H2,1-2H3,(H,57,60)/b10-8+,14-13-,17-16-,51-49+. The monoisotopic (exact) mass is 840 g/mol. The number of carbonyl (C=O) groups excluding carboxylic acids is 1. The summed E-state index contributed by atoms with van der Waals surface area (Å²) in [7, 11) is 0. The van der Waals surface area contributed by atoms with E-state index in [9.17, 15) is 15.0 Å². The third kappa shape index (κ3) is 47.4. The van der Waals surface area contributed by atoms with Gasteiger partial charge in [-0.05, 0) is 57.8 Å². The number of unbranched alkanes of at least 4 members (excludes halogenated alkanes) is 36. The van der Waals surface area contributed by atoms with Gasteiger partial charge in [-0.1, -0.05) is 268 Å². The molecule has 0 saturated carbocycles. The average Bonchev–Trinajstić information content (AvgIpc) is 3.25. The summed E-state index contributed by atoms with van der Waals surface area (Å²) in [6.45, 7) is 4.19. The van der Waals surface area contributed by atoms with Crippen molar-refractivity contribution >= 4 is 5.91 Å². The number of aliphatic hydroxyl groups excluding tert-OH is 2. The second kappa shape index (κ2) is 51.7. The number of nitrogens with one attached hydrogen (secondary N) is 1. The van der Waals surface area contributed by atoms with Gasteiger partial charge in [-0.3, -0.25) is 4.79 Å². The lowest BCUT2D eigenvalue weighted by Gasteiger charge is -2.19. The van der Waals surface area contributed by atoms with Crippen LogP contribution >= 0.6 is 0 Å². The van der Waals surface area contributed by atoms with E-state index in [0.29, 0.717) is 6.42 Å². The molecule has 2 atom stereocenters. The first-order chi connectivity index (χ1) is 29.7. The van der Waals surface area contributed by atoms with Crippen LogP contribution in [0, 0.1) is 0 Å². The summed E-state index contributed by atoms with van der Waals surface area (Å²) < 4.78 is 0. The molecule has 0 aromatic carbocycles. The molecule has 2 unspecified atom stereocenters. The summed E-state index contributed by atoms with van der Waals surface area (Å²) in [6.07, 6.45) is 71.8. The molecule has 0 aromatic heterocycles. The van der Waals surface area contributed by atoms with E-state index < -0.39 is 12.1 Å². The van der Waals surface area contributed by atoms with Crippen molar-refractivity contribution in [3.05, 3.63) is 48.6 Å². The van der Waals surface area contributed by atoms with Gasteiger partial charge in [0.2, 0.25) is 5.91 Å². The van der Waals surface area contributed by atoms with E-state index in [-0.39, 0.29) is 12.5 Å². The molecule has 0 spiro atoms. The zero-order valence-corrected chi connectivity index (χ0v) is 40.5. The van der Waals surface area contributed by atoms with Gasteiger partial charge in [-0.2, -0.15) is 0 Å². The first-order valence-corrected chi connectivity index (χ1v) is 26.9. The predicted molar refractivity (Wildman–Crippen MR) is 267 cm³/mol. The highest BCUT2D eigenvalue weighted by Crippen LogP contribution is 2.17. The Morgan fingerprint density at radius 3 is 1.12 bits per heavy atom. The summed E-state index contributed by atoms with van der Waals surface area (Å²) in [5.41, 5.74) is 0. The van der Waals surface area contributed by atoms with Crippen LogP contribution in [0.3, 0.4) is 0 Å². The van der Waals surface area contributed by atoms with Crippen molar-refractivity contribution in [2.75, 3.05) is 6.61 Å². The largest absolute Gasteiger partial charge is 0.394 e. The number of carbonyl (C=O) groups is 1. The minimum atomic E-state index is -0.857. The molecule has 4 nitrogen and oxygen atoms in total. The second-order valence-corrected chi connectivity index (χ2v) is 18.3. The molecule has 0 aliphatic heterocycles. The highest BCUT2D eigenvalue weighted by molar-refractivity contribution is 5.76. The molecule has 0 saturated heterocycles. The van der Waals surface area contributed by atoms with Crippen LogP contribution in [0.5, 0.6) is 0 Å². The Kier molecular flexibility index (Phi) is 50.3. The molecule has 0 aliphatic rings. The molecule has 1 amide bonds. The summed E-state index contributed by atoms with van der Waals surface area (Å²) >= 11 is 0. The lowest BCUT2D eigenvalue weighted by atomic mass is 10.0. The van der Waals surface area contributed by atoms with Crippen LogP contribution in [0.25, 0.3) is 0 Å². The predicted octanol–water partition coefficient (Wildman–Crippen LogP) is 17.5. The molecule has 60 heavy (non-hydrogen) atoms. The summed E-state index contributed by atoms with van der Waals surface area (Å²) in [5, 5.41) is 22.8. The SMILES string of the molecule is CCC/C=C/CC/C=C/C(O)C(CO)NC(=O)CCCCCCCCCCCCCCCCCCCCCCCCCCCCCCC/C=C\C/C=C\CCCCCCC. The molecule has 0 aliphatic carbocycles. The maximum atomic E-state index is 12.3. The Bertz CT molecular complexity index is 954. The van der Waals surface area contributed by atoms with E-state index in [1.165, 1.54) is 218 Å². The first kappa shape index (κ1) is 58.4. The molecule has 352 valence electrons. The maximum absolute atomic E-state index is 12.3. The number of rotatable bonds is 49. The Labute approximate surface area is 375 Å². The molecular formula is C56H105NO3. The number of allylic oxidation sites excluding steroid dienone is 7. The van der Waals surface area contributed by atoms with Crippen LogP contribution < -0.4 is 5.32 Å². The van der Waals surface area contributed by atoms with E-state index in [0.717, 1.165) is 44.9 Å². The molecular weight excluding hydrogens is 735 g/mol. The molecule has 3 N–H and O–H groups in total. The van der Waals surface area contributed by atoms with Crippen LogP contribution in [0.4, 0.5) is 0 Å². The fourth-order valence-electron chi connectivity index (χ4n) is 8.18. The van der Waals surface area contributed by atoms with E-state index >= 15 is 0 Å². The van der Waals surface area contributed by atoms with Crippen molar-refractivity contribution in [3.63, 3.8) is 0 Å². The fraction of sp³-hybridized carbons (Fsp3) is 0.839. The summed E-state index contributed by atoms with van der Waals surface area (Å²) in [6, 6.07) is -0.634. The summed E-state index contributed by atoms with van der Waals surface area (Å²) in [5.74, 6) is -0.0750. The van der Waals surface area contributed by atoms with E-state index in [1.54, 1.807) is 6.08 Å². The minimum absolute atomic E-state index is 0.0750. The lowest BCUT2D eigenvalue weighted by Crippen LogP contribution is -2.45. The fourth-order valence-corrected chi connectivity index (χ4v) is 8.18. The topological polar surface area (TPSA) is 69.6 Å². The molecule has 0 aromatic rings. The first-order valence-electron chi connectivity index (χ1n) is 26.9. The van der Waals surface area contributed by atoms with Crippen LogP contribution in [0.2, 0.25) is 0 Å². The van der Waals surface area contributed by atoms with Crippen LogP contribution in [0.1, 0.15) is 284 Å². The highest BCUT2D eigenvalue weighted by Gasteiger charge is 2.17. The van der Waals surface area contributed by atoms with Crippen molar-refractivity contribution in [1.82, 2.24) is 5.32 Å². The molecule has 0 heterocycles. The quantitative estimate of drug-likeness (QED) is 0.0422. The van der Waals surface area contributed by atoms with Gasteiger partial charge >= 0.3 is 0 Å². The number of hydrogen-bond acceptors (Lipinski definition) is 3. The minimum Gasteiger partial charge on any atom is -0.394 e. The van der Waals surface area contributed by atoms with E-state index in [1.807, 2.05) is 6.08 Å². The zero-order chi connectivity index (χ0) is 43.5. The Balaban J connectivity index is 3.31. The van der Waals surface area contributed by atoms with Crippen molar-refractivity contribution in [3.8, 4) is 0 Å². The zero-order valence-electron chi connectivity index (χ0n) is 40.5. The van der Waals surface area contributed by atoms with Gasteiger partial charge < -0.3 is 15.5 Å². The van der Waals surface area contributed by atoms with Crippen molar-refractivity contribution in [2.24, 2.45) is 0 Å². The van der Waals surface area contributed by atoms with Crippen molar-refractivity contribution in [1.29, 1.82) is 0 Å². The van der Waals surface area contributed by atoms with Gasteiger partial charge in [0.25, 0.3) is 0 Å². The number of aliphatic hydroxyl groups is 2. The number of hydrogen-bond donors (Lipinski definition) is 3. The highest BCUT2D eigenvalue weighted by atomic mass is 16.3. The Morgan fingerprint density at radius 2 is 0.733 bits per heavy atom. The van der Waals surface area contributed by atoms with Crippen LogP contribution in [0.15, 0.2) is 48.6 Å². The van der Waals surface area contributed by atoms with Gasteiger partial charge in [0.05, 0.1) is 18.8 Å². The Morgan fingerprint density at radius 1 is 0.400 bits per heavy atom. The molecule has 0 bridgehead atoms. The van der Waals surface area contributed by atoms with Gasteiger partial charge in [-0.15, -0.1) is 0 Å². The van der Waals surface area contributed by atoms with E-state index in [4.69, 9.17) is 0 Å².